The third-order valence-corrected chi connectivity index (χ3v) is 4.56. The Kier molecular flexibility index (Phi) is 4.74. The van der Waals surface area contributed by atoms with E-state index in [-0.39, 0.29) is 29.6 Å². The average Bonchev–Trinajstić information content (AvgIpc) is 3.36. The van der Waals surface area contributed by atoms with Crippen molar-refractivity contribution < 1.29 is 23.8 Å². The first-order chi connectivity index (χ1) is 14.5. The van der Waals surface area contributed by atoms with Gasteiger partial charge < -0.3 is 29.8 Å². The Balaban J connectivity index is 1.66. The van der Waals surface area contributed by atoms with Crippen molar-refractivity contribution in [2.24, 2.45) is 0 Å². The first kappa shape index (κ1) is 18.9. The minimum absolute atomic E-state index is 0.0135. The van der Waals surface area contributed by atoms with E-state index in [0.29, 0.717) is 28.4 Å². The number of methoxy groups -OCH3 is 1. The molecular formula is C21H16N4O5. The second-order valence-corrected chi connectivity index (χ2v) is 6.35. The molecule has 0 aliphatic carbocycles. The summed E-state index contributed by atoms with van der Waals surface area (Å²) >= 11 is 0. The maximum Gasteiger partial charge on any atom is 0.357 e. The Bertz CT molecular complexity index is 1210. The maximum absolute atomic E-state index is 12.7. The van der Waals surface area contributed by atoms with Crippen molar-refractivity contribution in [2.45, 2.75) is 0 Å². The van der Waals surface area contributed by atoms with E-state index in [9.17, 15) is 14.9 Å². The van der Waals surface area contributed by atoms with Crippen molar-refractivity contribution >= 4 is 23.3 Å². The molecule has 0 unspecified atom stereocenters. The van der Waals surface area contributed by atoms with E-state index in [2.05, 4.69) is 5.32 Å². The average molecular weight is 404 g/mol. The normalized spacial score (nSPS) is 11.6. The van der Waals surface area contributed by atoms with E-state index in [0.717, 1.165) is 0 Å². The number of hydrogen-bond acceptors (Lipinski definition) is 7. The number of esters is 1. The highest BCUT2D eigenvalue weighted by atomic mass is 16.7. The van der Waals surface area contributed by atoms with Gasteiger partial charge in [-0.3, -0.25) is 4.79 Å². The van der Waals surface area contributed by atoms with E-state index >= 15 is 0 Å². The van der Waals surface area contributed by atoms with Gasteiger partial charge in [0.2, 0.25) is 6.79 Å². The van der Waals surface area contributed by atoms with E-state index < -0.39 is 5.97 Å². The van der Waals surface area contributed by atoms with Gasteiger partial charge in [0.05, 0.1) is 18.4 Å². The number of fused-ring (bicyclic) bond motifs is 1. The number of amides is 1. The number of carbonyl (C=O) groups is 2. The van der Waals surface area contributed by atoms with Crippen molar-refractivity contribution in [1.82, 2.24) is 4.57 Å². The maximum atomic E-state index is 12.7. The van der Waals surface area contributed by atoms with Crippen molar-refractivity contribution in [3.05, 3.63) is 65.5 Å². The van der Waals surface area contributed by atoms with Crippen LogP contribution in [0.25, 0.3) is 5.69 Å². The summed E-state index contributed by atoms with van der Waals surface area (Å²) in [6, 6.07) is 13.6. The van der Waals surface area contributed by atoms with Gasteiger partial charge in [-0.15, -0.1) is 0 Å². The lowest BCUT2D eigenvalue weighted by Crippen LogP contribution is -2.14. The van der Waals surface area contributed by atoms with Gasteiger partial charge in [0.25, 0.3) is 5.91 Å². The van der Waals surface area contributed by atoms with Gasteiger partial charge in [0.1, 0.15) is 6.07 Å². The number of nitrogens with two attached hydrogens (primary N) is 1. The molecule has 2 heterocycles. The number of hydrogen-bond donors (Lipinski definition) is 2. The van der Waals surface area contributed by atoms with Crippen molar-refractivity contribution in [1.29, 1.82) is 5.26 Å². The molecule has 1 aliphatic rings. The highest BCUT2D eigenvalue weighted by Crippen LogP contribution is 2.34. The van der Waals surface area contributed by atoms with Gasteiger partial charge in [-0.25, -0.2) is 4.79 Å². The second kappa shape index (κ2) is 7.52. The summed E-state index contributed by atoms with van der Waals surface area (Å²) in [5, 5.41) is 12.0. The molecule has 0 saturated heterocycles. The predicted octanol–water partition coefficient (Wildman–Crippen LogP) is 2.70. The van der Waals surface area contributed by atoms with Crippen molar-refractivity contribution in [2.75, 3.05) is 25.0 Å². The Labute approximate surface area is 171 Å². The zero-order valence-electron chi connectivity index (χ0n) is 15.8. The molecule has 30 heavy (non-hydrogen) atoms. The molecule has 1 amide bonds. The lowest BCUT2D eigenvalue weighted by molar-refractivity contribution is 0.0593. The Morgan fingerprint density at radius 2 is 2.00 bits per heavy atom. The van der Waals surface area contributed by atoms with Crippen LogP contribution in [0.3, 0.4) is 0 Å². The quantitative estimate of drug-likeness (QED) is 0.640. The molecule has 0 bridgehead atoms. The molecule has 150 valence electrons. The summed E-state index contributed by atoms with van der Waals surface area (Å²) < 4.78 is 16.8. The molecule has 3 aromatic rings. The molecule has 1 aromatic heterocycles. The Morgan fingerprint density at radius 1 is 1.20 bits per heavy atom. The molecule has 3 N–H and O–H groups in total. The van der Waals surface area contributed by atoms with E-state index in [1.807, 2.05) is 6.07 Å². The van der Waals surface area contributed by atoms with Crippen molar-refractivity contribution in [3.63, 3.8) is 0 Å². The summed E-state index contributed by atoms with van der Waals surface area (Å²) in [5.74, 6) is 0.111. The molecule has 4 rings (SSSR count). The van der Waals surface area contributed by atoms with Crippen LogP contribution in [0.1, 0.15) is 26.4 Å². The largest absolute Gasteiger partial charge is 0.464 e. The van der Waals surface area contributed by atoms with Crippen LogP contribution >= 0.6 is 0 Å². The summed E-state index contributed by atoms with van der Waals surface area (Å²) in [7, 11) is 1.22. The summed E-state index contributed by atoms with van der Waals surface area (Å²) in [6.07, 6.45) is 1.43. The highest BCUT2D eigenvalue weighted by molar-refractivity contribution is 6.05. The van der Waals surface area contributed by atoms with Gasteiger partial charge in [-0.2, -0.15) is 5.26 Å². The van der Waals surface area contributed by atoms with Gasteiger partial charge in [0.15, 0.2) is 17.2 Å². The number of nitriles is 1. The zero-order chi connectivity index (χ0) is 21.3. The topological polar surface area (TPSA) is 129 Å². The standard InChI is InChI=1S/C21H16N4O5/c1-28-21(27)19-18(23)13(9-22)10-25(19)15-4-2-3-12(7-15)20(26)24-14-5-6-16-17(8-14)30-11-29-16/h2-8,10H,11,23H2,1H3,(H,24,26). The van der Waals surface area contributed by atoms with Gasteiger partial charge in [0, 0.05) is 29.2 Å². The van der Waals surface area contributed by atoms with E-state index in [1.165, 1.54) is 17.9 Å². The highest BCUT2D eigenvalue weighted by Gasteiger charge is 2.22. The van der Waals surface area contributed by atoms with Crippen LogP contribution in [-0.2, 0) is 4.74 Å². The number of aromatic nitrogens is 1. The molecule has 2 aromatic carbocycles. The van der Waals surface area contributed by atoms with Gasteiger partial charge in [-0.1, -0.05) is 6.07 Å². The number of nitrogen functional groups attached to an aromatic ring is 1. The van der Waals surface area contributed by atoms with E-state index in [4.69, 9.17) is 19.9 Å². The predicted molar refractivity (Wildman–Crippen MR) is 107 cm³/mol. The zero-order valence-corrected chi connectivity index (χ0v) is 15.8. The molecule has 0 radical (unpaired) electrons. The minimum atomic E-state index is -0.691. The number of anilines is 2. The van der Waals surface area contributed by atoms with Crippen LogP contribution in [-0.4, -0.2) is 30.3 Å². The number of ether oxygens (including phenoxy) is 3. The first-order valence-electron chi connectivity index (χ1n) is 8.82. The van der Waals surface area contributed by atoms with Gasteiger partial charge in [-0.05, 0) is 30.3 Å². The molecule has 9 nitrogen and oxygen atoms in total. The molecule has 0 atom stereocenters. The van der Waals surface area contributed by atoms with Crippen LogP contribution in [0, 0.1) is 11.3 Å². The van der Waals surface area contributed by atoms with Gasteiger partial charge >= 0.3 is 5.97 Å². The van der Waals surface area contributed by atoms with Crippen LogP contribution in [0.5, 0.6) is 11.5 Å². The Hall–Kier alpha value is -4.45. The molecule has 9 heteroatoms. The van der Waals surface area contributed by atoms with Crippen LogP contribution < -0.4 is 20.5 Å². The van der Waals surface area contributed by atoms with Crippen LogP contribution in [0.15, 0.2) is 48.7 Å². The number of nitrogens with zero attached hydrogens (tertiary/aromatic N) is 2. The molecule has 1 aliphatic heterocycles. The Morgan fingerprint density at radius 3 is 2.77 bits per heavy atom. The van der Waals surface area contributed by atoms with Crippen molar-refractivity contribution in [3.8, 4) is 23.3 Å². The lowest BCUT2D eigenvalue weighted by Gasteiger charge is -2.11. The minimum Gasteiger partial charge on any atom is -0.464 e. The molecule has 0 spiro atoms. The fourth-order valence-electron chi connectivity index (χ4n) is 3.09. The first-order valence-corrected chi connectivity index (χ1v) is 8.82. The summed E-state index contributed by atoms with van der Waals surface area (Å²) in [6.45, 7) is 0.141. The lowest BCUT2D eigenvalue weighted by atomic mass is 10.1. The monoisotopic (exact) mass is 404 g/mol. The number of benzene rings is 2. The smallest absolute Gasteiger partial charge is 0.357 e. The van der Waals surface area contributed by atoms with Crippen LogP contribution in [0.4, 0.5) is 11.4 Å². The fraction of sp³-hybridized carbons (Fsp3) is 0.0952. The number of rotatable bonds is 4. The number of carbonyl (C=O) groups excluding carboxylic acids is 2. The van der Waals surface area contributed by atoms with Crippen LogP contribution in [0.2, 0.25) is 0 Å². The molecular weight excluding hydrogens is 388 g/mol. The fourth-order valence-corrected chi connectivity index (χ4v) is 3.09. The van der Waals surface area contributed by atoms with E-state index in [1.54, 1.807) is 42.5 Å². The third kappa shape index (κ3) is 3.27. The summed E-state index contributed by atoms with van der Waals surface area (Å²) in [4.78, 5) is 24.9. The SMILES string of the molecule is COC(=O)c1c(N)c(C#N)cn1-c1cccc(C(=O)Nc2ccc3c(c2)OCO3)c1. The second-order valence-electron chi connectivity index (χ2n) is 6.35. The third-order valence-electron chi connectivity index (χ3n) is 4.56. The molecule has 0 saturated carbocycles. The number of nitrogens with one attached hydrogen (secondary N) is 1. The molecule has 0 fully saturated rings. The summed E-state index contributed by atoms with van der Waals surface area (Å²) in [5.41, 5.74) is 7.44.